The van der Waals surface area contributed by atoms with Crippen LogP contribution in [0.1, 0.15) is 38.8 Å². The summed E-state index contributed by atoms with van der Waals surface area (Å²) in [6.45, 7) is 5.58. The van der Waals surface area contributed by atoms with Crippen LogP contribution in [0, 0.1) is 5.82 Å². The van der Waals surface area contributed by atoms with Crippen molar-refractivity contribution in [3.63, 3.8) is 0 Å². The number of para-hydroxylation sites is 1. The molecule has 4 aromatic rings. The van der Waals surface area contributed by atoms with Crippen LogP contribution < -0.4 is 15.0 Å². The van der Waals surface area contributed by atoms with Gasteiger partial charge in [-0.3, -0.25) is 14.5 Å². The van der Waals surface area contributed by atoms with Crippen molar-refractivity contribution in [3.8, 4) is 5.75 Å². The maximum Gasteiger partial charge on any atom is 0.249 e. The van der Waals surface area contributed by atoms with Crippen molar-refractivity contribution in [2.45, 2.75) is 45.3 Å². The zero-order valence-corrected chi connectivity index (χ0v) is 21.3. The van der Waals surface area contributed by atoms with E-state index in [1.54, 1.807) is 43.5 Å². The Hall–Kier alpha value is -4.27. The molecule has 1 heterocycles. The number of carbonyl (C=O) groups excluding carboxylic acids is 2. The number of benzene rings is 3. The zero-order chi connectivity index (χ0) is 26.6. The third-order valence-electron chi connectivity index (χ3n) is 6.34. The number of fused-ring (bicyclic) bond motifs is 1. The molecular formula is C28H30FN5O3. The van der Waals surface area contributed by atoms with Gasteiger partial charge in [-0.25, -0.2) is 9.07 Å². The fourth-order valence-electron chi connectivity index (χ4n) is 4.00. The SMILES string of the molecule is CCC(C)(C)NC(=O)C(c1ccc(OC)cc1)N(C(=O)Cn1nnc2ccccc21)c1cccc(F)c1. The number of aromatic nitrogens is 3. The third-order valence-corrected chi connectivity index (χ3v) is 6.34. The average molecular weight is 504 g/mol. The second kappa shape index (κ2) is 10.8. The monoisotopic (exact) mass is 503 g/mol. The van der Waals surface area contributed by atoms with Gasteiger partial charge in [-0.1, -0.05) is 42.5 Å². The second-order valence-electron chi connectivity index (χ2n) is 9.38. The van der Waals surface area contributed by atoms with Crippen molar-refractivity contribution >= 4 is 28.5 Å². The van der Waals surface area contributed by atoms with E-state index >= 15 is 0 Å². The van der Waals surface area contributed by atoms with Crippen molar-refractivity contribution in [3.05, 3.63) is 84.2 Å². The number of amides is 2. The van der Waals surface area contributed by atoms with Crippen LogP contribution in [0.25, 0.3) is 11.0 Å². The lowest BCUT2D eigenvalue weighted by molar-refractivity contribution is -0.128. The fourth-order valence-corrected chi connectivity index (χ4v) is 4.00. The summed E-state index contributed by atoms with van der Waals surface area (Å²) >= 11 is 0. The Balaban J connectivity index is 1.82. The molecule has 0 aliphatic rings. The molecule has 0 aliphatic carbocycles. The number of ether oxygens (including phenoxy) is 1. The van der Waals surface area contributed by atoms with Crippen LogP contribution in [0.5, 0.6) is 5.75 Å². The molecule has 3 aromatic carbocycles. The van der Waals surface area contributed by atoms with Crippen molar-refractivity contribution in [1.82, 2.24) is 20.3 Å². The number of halogens is 1. The Morgan fingerprint density at radius 2 is 1.81 bits per heavy atom. The highest BCUT2D eigenvalue weighted by atomic mass is 19.1. The first-order chi connectivity index (χ1) is 17.7. The van der Waals surface area contributed by atoms with Gasteiger partial charge < -0.3 is 10.1 Å². The largest absolute Gasteiger partial charge is 0.497 e. The minimum absolute atomic E-state index is 0.200. The number of carbonyl (C=O) groups is 2. The highest BCUT2D eigenvalue weighted by Crippen LogP contribution is 2.31. The zero-order valence-electron chi connectivity index (χ0n) is 21.3. The first-order valence-electron chi connectivity index (χ1n) is 12.0. The highest BCUT2D eigenvalue weighted by Gasteiger charge is 2.35. The van der Waals surface area contributed by atoms with Crippen LogP contribution in [-0.4, -0.2) is 39.5 Å². The van der Waals surface area contributed by atoms with Gasteiger partial charge in [0.05, 0.1) is 12.6 Å². The van der Waals surface area contributed by atoms with Gasteiger partial charge in [-0.2, -0.15) is 0 Å². The topological polar surface area (TPSA) is 89.4 Å². The van der Waals surface area contributed by atoms with Crippen LogP contribution in [-0.2, 0) is 16.1 Å². The molecule has 0 radical (unpaired) electrons. The Bertz CT molecular complexity index is 1400. The smallest absolute Gasteiger partial charge is 0.249 e. The predicted molar refractivity (Wildman–Crippen MR) is 140 cm³/mol. The number of anilines is 1. The molecule has 8 nitrogen and oxygen atoms in total. The first kappa shape index (κ1) is 25.8. The molecule has 4 rings (SSSR count). The molecule has 0 spiro atoms. The maximum absolute atomic E-state index is 14.4. The Labute approximate surface area is 215 Å². The Morgan fingerprint density at radius 3 is 2.49 bits per heavy atom. The number of hydrogen-bond acceptors (Lipinski definition) is 5. The van der Waals surface area contributed by atoms with Crippen molar-refractivity contribution in [2.24, 2.45) is 0 Å². The molecule has 9 heteroatoms. The van der Waals surface area contributed by atoms with Gasteiger partial charge in [0.1, 0.15) is 29.7 Å². The normalized spacial score (nSPS) is 12.2. The molecule has 0 fully saturated rings. The summed E-state index contributed by atoms with van der Waals surface area (Å²) in [5, 5.41) is 11.3. The van der Waals surface area contributed by atoms with Crippen LogP contribution in [0.15, 0.2) is 72.8 Å². The Morgan fingerprint density at radius 1 is 1.08 bits per heavy atom. The standard InChI is InChI=1S/C28H30FN5O3/c1-5-28(2,3)30-27(36)26(19-13-15-22(37-4)16-14-19)34(21-10-8-9-20(29)17-21)25(35)18-33-24-12-7-6-11-23(24)31-32-33/h6-17,26H,5,18H2,1-4H3,(H,30,36). The number of nitrogens with one attached hydrogen (secondary N) is 1. The predicted octanol–water partition coefficient (Wildman–Crippen LogP) is 4.66. The maximum atomic E-state index is 14.4. The lowest BCUT2D eigenvalue weighted by atomic mass is 9.98. The van der Waals surface area contributed by atoms with Gasteiger partial charge in [0.15, 0.2) is 0 Å². The van der Waals surface area contributed by atoms with Gasteiger partial charge in [0, 0.05) is 11.2 Å². The van der Waals surface area contributed by atoms with Crippen molar-refractivity contribution in [2.75, 3.05) is 12.0 Å². The van der Waals surface area contributed by atoms with Crippen LogP contribution in [0.2, 0.25) is 0 Å². The molecule has 0 saturated carbocycles. The number of methoxy groups -OCH3 is 1. The van der Waals surface area contributed by atoms with Crippen LogP contribution in [0.3, 0.4) is 0 Å². The van der Waals surface area contributed by atoms with E-state index in [0.717, 1.165) is 0 Å². The average Bonchev–Trinajstić information content (AvgIpc) is 3.29. The molecule has 1 unspecified atom stereocenters. The molecule has 0 bridgehead atoms. The van der Waals surface area contributed by atoms with Gasteiger partial charge in [0.2, 0.25) is 11.8 Å². The van der Waals surface area contributed by atoms with E-state index in [1.807, 2.05) is 39.0 Å². The van der Waals surface area contributed by atoms with Crippen molar-refractivity contribution < 1.29 is 18.7 Å². The Kier molecular flexibility index (Phi) is 7.52. The third kappa shape index (κ3) is 5.77. The first-order valence-corrected chi connectivity index (χ1v) is 12.0. The lowest BCUT2D eigenvalue weighted by Crippen LogP contribution is -2.51. The quantitative estimate of drug-likeness (QED) is 0.359. The van der Waals surface area contributed by atoms with E-state index in [1.165, 1.54) is 27.8 Å². The molecule has 2 amide bonds. The fraction of sp³-hybridized carbons (Fsp3) is 0.286. The van der Waals surface area contributed by atoms with E-state index < -0.39 is 29.2 Å². The van der Waals surface area contributed by atoms with Crippen LogP contribution >= 0.6 is 0 Å². The number of nitrogens with zero attached hydrogens (tertiary/aromatic N) is 4. The van der Waals surface area contributed by atoms with Gasteiger partial charge >= 0.3 is 0 Å². The summed E-state index contributed by atoms with van der Waals surface area (Å²) in [5.41, 5.74) is 1.58. The molecule has 37 heavy (non-hydrogen) atoms. The molecule has 192 valence electrons. The highest BCUT2D eigenvalue weighted by molar-refractivity contribution is 6.01. The molecule has 1 aromatic heterocycles. The molecule has 0 saturated heterocycles. The van der Waals surface area contributed by atoms with Gasteiger partial charge in [-0.15, -0.1) is 5.10 Å². The summed E-state index contributed by atoms with van der Waals surface area (Å²) in [5.74, 6) is -0.761. The molecular weight excluding hydrogens is 473 g/mol. The van der Waals surface area contributed by atoms with E-state index in [2.05, 4.69) is 15.6 Å². The lowest BCUT2D eigenvalue weighted by Gasteiger charge is -2.34. The molecule has 1 atom stereocenters. The van der Waals surface area contributed by atoms with E-state index in [0.29, 0.717) is 28.8 Å². The van der Waals surface area contributed by atoms with Crippen molar-refractivity contribution in [1.29, 1.82) is 0 Å². The summed E-state index contributed by atoms with van der Waals surface area (Å²) in [6, 6.07) is 18.7. The van der Waals surface area contributed by atoms with E-state index in [-0.39, 0.29) is 12.2 Å². The van der Waals surface area contributed by atoms with E-state index in [9.17, 15) is 14.0 Å². The van der Waals surface area contributed by atoms with Gasteiger partial charge in [0.25, 0.3) is 0 Å². The summed E-state index contributed by atoms with van der Waals surface area (Å²) < 4.78 is 21.1. The van der Waals surface area contributed by atoms with E-state index in [4.69, 9.17) is 4.74 Å². The van der Waals surface area contributed by atoms with Gasteiger partial charge in [-0.05, 0) is 68.3 Å². The number of hydrogen-bond donors (Lipinski definition) is 1. The minimum atomic E-state index is -1.08. The summed E-state index contributed by atoms with van der Waals surface area (Å²) in [7, 11) is 1.55. The molecule has 0 aliphatic heterocycles. The molecule has 1 N–H and O–H groups in total. The minimum Gasteiger partial charge on any atom is -0.497 e. The number of rotatable bonds is 9. The summed E-state index contributed by atoms with van der Waals surface area (Å²) in [4.78, 5) is 29.1. The second-order valence-corrected chi connectivity index (χ2v) is 9.38. The van der Waals surface area contributed by atoms with Crippen LogP contribution in [0.4, 0.5) is 10.1 Å². The summed E-state index contributed by atoms with van der Waals surface area (Å²) in [6.07, 6.45) is 0.674.